The Labute approximate surface area is 115 Å². The summed E-state index contributed by atoms with van der Waals surface area (Å²) in [4.78, 5) is 26.4. The fourth-order valence-corrected chi connectivity index (χ4v) is 3.37. The van der Waals surface area contributed by atoms with E-state index in [2.05, 4.69) is 12.2 Å². The molecule has 0 spiro atoms. The van der Waals surface area contributed by atoms with Gasteiger partial charge in [-0.05, 0) is 38.5 Å². The van der Waals surface area contributed by atoms with E-state index in [9.17, 15) is 9.59 Å². The first-order valence-corrected chi connectivity index (χ1v) is 7.67. The van der Waals surface area contributed by atoms with Crippen molar-refractivity contribution in [2.24, 2.45) is 5.92 Å². The van der Waals surface area contributed by atoms with Crippen molar-refractivity contribution in [3.05, 3.63) is 0 Å². The van der Waals surface area contributed by atoms with E-state index in [1.807, 2.05) is 18.7 Å². The van der Waals surface area contributed by atoms with Gasteiger partial charge in [-0.1, -0.05) is 26.7 Å². The van der Waals surface area contributed by atoms with E-state index in [0.29, 0.717) is 6.42 Å². The van der Waals surface area contributed by atoms with Crippen LogP contribution in [-0.2, 0) is 9.59 Å². The summed E-state index contributed by atoms with van der Waals surface area (Å²) < 4.78 is 0. The number of nitrogens with one attached hydrogen (secondary N) is 1. The second-order valence-corrected chi connectivity index (χ2v) is 6.16. The minimum absolute atomic E-state index is 0.00347. The molecule has 4 atom stereocenters. The normalized spacial score (nSPS) is 36.9. The fourth-order valence-electron chi connectivity index (χ4n) is 3.37. The van der Waals surface area contributed by atoms with Gasteiger partial charge < -0.3 is 10.2 Å². The number of amides is 2. The zero-order chi connectivity index (χ0) is 14.0. The van der Waals surface area contributed by atoms with Crippen LogP contribution < -0.4 is 5.32 Å². The molecule has 4 heteroatoms. The molecule has 4 unspecified atom stereocenters. The molecule has 0 aromatic carbocycles. The summed E-state index contributed by atoms with van der Waals surface area (Å²) in [6.07, 6.45) is 6.35. The summed E-state index contributed by atoms with van der Waals surface area (Å²) in [6.45, 7) is 6.09. The van der Waals surface area contributed by atoms with Gasteiger partial charge >= 0.3 is 0 Å². The van der Waals surface area contributed by atoms with E-state index in [1.54, 1.807) is 0 Å². The smallest absolute Gasteiger partial charge is 0.246 e. The van der Waals surface area contributed by atoms with Crippen molar-refractivity contribution in [3.63, 3.8) is 0 Å². The Morgan fingerprint density at radius 1 is 1.16 bits per heavy atom. The Kier molecular flexibility index (Phi) is 4.48. The van der Waals surface area contributed by atoms with Crippen LogP contribution in [0.5, 0.6) is 0 Å². The lowest BCUT2D eigenvalue weighted by Gasteiger charge is -2.42. The molecule has 108 valence electrons. The third-order valence-electron chi connectivity index (χ3n) is 4.69. The van der Waals surface area contributed by atoms with E-state index >= 15 is 0 Å². The van der Waals surface area contributed by atoms with Crippen LogP contribution in [0.25, 0.3) is 0 Å². The molecule has 4 nitrogen and oxygen atoms in total. The number of piperazine rings is 1. The molecule has 2 rings (SSSR count). The highest BCUT2D eigenvalue weighted by atomic mass is 16.2. The molecular weight excluding hydrogens is 240 g/mol. The fraction of sp³-hybridized carbons (Fsp3) is 0.867. The number of carbonyl (C=O) groups excluding carboxylic acids is 2. The van der Waals surface area contributed by atoms with E-state index in [1.165, 1.54) is 19.3 Å². The second-order valence-electron chi connectivity index (χ2n) is 6.16. The summed E-state index contributed by atoms with van der Waals surface area (Å²) in [5.74, 6) is 0.869. The quantitative estimate of drug-likeness (QED) is 0.778. The maximum absolute atomic E-state index is 12.5. The summed E-state index contributed by atoms with van der Waals surface area (Å²) in [7, 11) is 0. The lowest BCUT2D eigenvalue weighted by Crippen LogP contribution is -2.64. The maximum Gasteiger partial charge on any atom is 0.246 e. The molecule has 2 fully saturated rings. The van der Waals surface area contributed by atoms with Crippen LogP contribution in [0.2, 0.25) is 0 Å². The van der Waals surface area contributed by atoms with E-state index in [-0.39, 0.29) is 29.9 Å². The zero-order valence-electron chi connectivity index (χ0n) is 12.3. The highest BCUT2D eigenvalue weighted by Crippen LogP contribution is 2.28. The van der Waals surface area contributed by atoms with Crippen molar-refractivity contribution in [2.45, 2.75) is 77.4 Å². The molecule has 0 bridgehead atoms. The standard InChI is InChI=1S/C15H26N2O2/c1-4-13-15(19)17(11(3)14(18)16-13)12-7-5-6-10(2)8-9-12/h10-13H,4-9H2,1-3H3,(H,16,18). The molecule has 0 aromatic rings. The molecule has 1 aliphatic carbocycles. The number of nitrogens with zero attached hydrogens (tertiary/aromatic N) is 1. The third kappa shape index (κ3) is 2.93. The van der Waals surface area contributed by atoms with E-state index in [4.69, 9.17) is 0 Å². The van der Waals surface area contributed by atoms with Crippen molar-refractivity contribution < 1.29 is 9.59 Å². The van der Waals surface area contributed by atoms with Crippen LogP contribution >= 0.6 is 0 Å². The molecule has 1 saturated carbocycles. The minimum Gasteiger partial charge on any atom is -0.343 e. The Morgan fingerprint density at radius 2 is 1.89 bits per heavy atom. The molecule has 19 heavy (non-hydrogen) atoms. The summed E-state index contributed by atoms with van der Waals surface area (Å²) in [5.41, 5.74) is 0. The lowest BCUT2D eigenvalue weighted by molar-refractivity contribution is -0.151. The molecule has 0 radical (unpaired) electrons. The van der Waals surface area contributed by atoms with E-state index < -0.39 is 0 Å². The predicted molar refractivity (Wildman–Crippen MR) is 74.6 cm³/mol. The maximum atomic E-state index is 12.5. The number of hydrogen-bond acceptors (Lipinski definition) is 2. The van der Waals surface area contributed by atoms with Crippen LogP contribution in [0, 0.1) is 5.92 Å². The van der Waals surface area contributed by atoms with Crippen LogP contribution in [0.4, 0.5) is 0 Å². The van der Waals surface area contributed by atoms with Gasteiger partial charge in [-0.3, -0.25) is 9.59 Å². The summed E-state index contributed by atoms with van der Waals surface area (Å²) >= 11 is 0. The zero-order valence-corrected chi connectivity index (χ0v) is 12.3. The highest BCUT2D eigenvalue weighted by Gasteiger charge is 2.40. The lowest BCUT2D eigenvalue weighted by atomic mass is 9.98. The molecule has 1 N–H and O–H groups in total. The second kappa shape index (κ2) is 5.93. The topological polar surface area (TPSA) is 49.4 Å². The van der Waals surface area contributed by atoms with Crippen molar-refractivity contribution in [3.8, 4) is 0 Å². The number of rotatable bonds is 2. The van der Waals surface area contributed by atoms with Gasteiger partial charge in [0.05, 0.1) is 0 Å². The molecule has 2 aliphatic rings. The molecule has 1 aliphatic heterocycles. The van der Waals surface area contributed by atoms with E-state index in [0.717, 1.165) is 18.8 Å². The van der Waals surface area contributed by atoms with Crippen molar-refractivity contribution in [2.75, 3.05) is 0 Å². The van der Waals surface area contributed by atoms with Crippen LogP contribution in [0.3, 0.4) is 0 Å². The van der Waals surface area contributed by atoms with Crippen LogP contribution in [0.15, 0.2) is 0 Å². The Balaban J connectivity index is 2.14. The first kappa shape index (κ1) is 14.4. The van der Waals surface area contributed by atoms with Crippen LogP contribution in [0.1, 0.15) is 59.3 Å². The van der Waals surface area contributed by atoms with Gasteiger partial charge in [-0.25, -0.2) is 0 Å². The van der Waals surface area contributed by atoms with Crippen molar-refractivity contribution >= 4 is 11.8 Å². The Bertz CT molecular complexity index is 356. The van der Waals surface area contributed by atoms with Gasteiger partial charge in [0, 0.05) is 6.04 Å². The van der Waals surface area contributed by atoms with Gasteiger partial charge in [-0.2, -0.15) is 0 Å². The average Bonchev–Trinajstić information content (AvgIpc) is 2.59. The molecular formula is C15H26N2O2. The van der Waals surface area contributed by atoms with Gasteiger partial charge in [0.1, 0.15) is 12.1 Å². The number of hydrogen-bond donors (Lipinski definition) is 1. The number of carbonyl (C=O) groups is 2. The van der Waals surface area contributed by atoms with Crippen LogP contribution in [-0.4, -0.2) is 34.8 Å². The van der Waals surface area contributed by atoms with Gasteiger partial charge in [-0.15, -0.1) is 0 Å². The first-order chi connectivity index (χ1) is 9.04. The monoisotopic (exact) mass is 266 g/mol. The SMILES string of the molecule is CCC1NC(=O)C(C)N(C2CCCC(C)CC2)C1=O. The summed E-state index contributed by atoms with van der Waals surface area (Å²) in [6, 6.07) is -0.370. The highest BCUT2D eigenvalue weighted by molar-refractivity contribution is 5.96. The average molecular weight is 266 g/mol. The third-order valence-corrected chi connectivity index (χ3v) is 4.69. The van der Waals surface area contributed by atoms with Crippen molar-refractivity contribution in [1.82, 2.24) is 10.2 Å². The van der Waals surface area contributed by atoms with Gasteiger partial charge in [0.25, 0.3) is 0 Å². The molecule has 2 amide bonds. The summed E-state index contributed by atoms with van der Waals surface area (Å²) in [5, 5.41) is 2.83. The first-order valence-electron chi connectivity index (χ1n) is 7.67. The van der Waals surface area contributed by atoms with Crippen molar-refractivity contribution in [1.29, 1.82) is 0 Å². The molecule has 1 heterocycles. The Morgan fingerprint density at radius 3 is 2.58 bits per heavy atom. The predicted octanol–water partition coefficient (Wildman–Crippen LogP) is 2.08. The van der Waals surface area contributed by atoms with Gasteiger partial charge in [0.15, 0.2) is 0 Å². The Hall–Kier alpha value is -1.06. The molecule has 1 saturated heterocycles. The molecule has 0 aromatic heterocycles. The van der Waals surface area contributed by atoms with Gasteiger partial charge in [0.2, 0.25) is 11.8 Å². The largest absolute Gasteiger partial charge is 0.343 e. The minimum atomic E-state index is -0.315.